The number of hydrogen-bond donors (Lipinski definition) is 0. The SMILES string of the molecule is CCOC[CH2][Hg][Cl]. The summed E-state index contributed by atoms with van der Waals surface area (Å²) in [6, 6.07) is 0. The zero-order valence-corrected chi connectivity index (χ0v) is 10.9. The van der Waals surface area contributed by atoms with Crippen molar-refractivity contribution < 1.29 is 28.1 Å². The van der Waals surface area contributed by atoms with Gasteiger partial charge in [-0.25, -0.2) is 0 Å². The monoisotopic (exact) mass is 310 g/mol. The van der Waals surface area contributed by atoms with Crippen LogP contribution in [0.25, 0.3) is 0 Å². The van der Waals surface area contributed by atoms with Crippen molar-refractivity contribution in [3.63, 3.8) is 0 Å². The topological polar surface area (TPSA) is 9.23 Å². The standard InChI is InChI=1S/C4H9O.ClH.Hg/c1-3-5-4-2;;/h1,3-4H2,2H3;1H;/q;;+1/p-1. The minimum atomic E-state index is -0.840. The first-order chi connectivity index (χ1) is 3.41. The summed E-state index contributed by atoms with van der Waals surface area (Å²) in [5, 5.41) is 0. The first-order valence-corrected chi connectivity index (χ1v) is 13.2. The predicted octanol–water partition coefficient (Wildman–Crippen LogP) is 1.68. The van der Waals surface area contributed by atoms with Crippen LogP contribution in [-0.4, -0.2) is 13.2 Å². The summed E-state index contributed by atoms with van der Waals surface area (Å²) in [5.41, 5.74) is 0. The van der Waals surface area contributed by atoms with Gasteiger partial charge in [0.05, 0.1) is 0 Å². The van der Waals surface area contributed by atoms with E-state index < -0.39 is 23.3 Å². The molecule has 0 aromatic rings. The maximum absolute atomic E-state index is 5.58. The van der Waals surface area contributed by atoms with Crippen LogP contribution in [0.3, 0.4) is 0 Å². The molecule has 40 valence electrons. The van der Waals surface area contributed by atoms with E-state index in [9.17, 15) is 0 Å². The minimum absolute atomic E-state index is 0.838. The summed E-state index contributed by atoms with van der Waals surface area (Å²) in [6.07, 6.45) is 0. The van der Waals surface area contributed by atoms with Crippen LogP contribution in [0, 0.1) is 0 Å². The molecule has 0 rings (SSSR count). The fourth-order valence-electron chi connectivity index (χ4n) is 0.301. The molecule has 1 nitrogen and oxygen atoms in total. The van der Waals surface area contributed by atoms with Gasteiger partial charge in [0.2, 0.25) is 0 Å². The van der Waals surface area contributed by atoms with E-state index in [1.165, 1.54) is 3.93 Å². The third-order valence-corrected chi connectivity index (χ3v) is 5.13. The Morgan fingerprint density at radius 1 is 1.71 bits per heavy atom. The van der Waals surface area contributed by atoms with Gasteiger partial charge in [-0.2, -0.15) is 0 Å². The van der Waals surface area contributed by atoms with Crippen LogP contribution in [0.15, 0.2) is 0 Å². The van der Waals surface area contributed by atoms with Gasteiger partial charge < -0.3 is 0 Å². The molecule has 0 atom stereocenters. The normalized spacial score (nSPS) is 8.29. The van der Waals surface area contributed by atoms with Gasteiger partial charge in [-0.1, -0.05) is 0 Å². The molecule has 0 aliphatic heterocycles. The van der Waals surface area contributed by atoms with Crippen LogP contribution < -0.4 is 0 Å². The van der Waals surface area contributed by atoms with Crippen LogP contribution in [-0.2, 0) is 28.1 Å². The molecule has 0 saturated carbocycles. The second-order valence-electron chi connectivity index (χ2n) is 1.24. The summed E-state index contributed by atoms with van der Waals surface area (Å²) < 4.78 is 6.23. The molecule has 0 bridgehead atoms. The Hall–Kier alpha value is 1.19. The van der Waals surface area contributed by atoms with Gasteiger partial charge in [0.15, 0.2) is 0 Å². The van der Waals surface area contributed by atoms with E-state index in [4.69, 9.17) is 13.0 Å². The number of rotatable bonds is 4. The molecule has 0 unspecified atom stereocenters. The Morgan fingerprint density at radius 3 is 2.86 bits per heavy atom. The van der Waals surface area contributed by atoms with Crippen LogP contribution in [0.1, 0.15) is 6.92 Å². The van der Waals surface area contributed by atoms with E-state index >= 15 is 0 Å². The Kier molecular flexibility index (Phi) is 8.40. The van der Waals surface area contributed by atoms with Gasteiger partial charge in [-0.15, -0.1) is 0 Å². The molecule has 0 radical (unpaired) electrons. The molecular weight excluding hydrogens is 300 g/mol. The molecule has 0 amide bonds. The molecule has 3 heteroatoms. The third-order valence-electron chi connectivity index (χ3n) is 0.626. The van der Waals surface area contributed by atoms with Gasteiger partial charge >= 0.3 is 60.4 Å². The molecule has 0 N–H and O–H groups in total. The molecule has 0 heterocycles. The Labute approximate surface area is 60.3 Å². The van der Waals surface area contributed by atoms with Crippen molar-refractivity contribution in [2.24, 2.45) is 0 Å². The molecular formula is C4H9ClHgO. The van der Waals surface area contributed by atoms with Crippen molar-refractivity contribution in [1.29, 1.82) is 0 Å². The molecule has 0 fully saturated rings. The molecule has 7 heavy (non-hydrogen) atoms. The zero-order chi connectivity index (χ0) is 5.54. The number of hydrogen-bond acceptors (Lipinski definition) is 1. The summed E-state index contributed by atoms with van der Waals surface area (Å²) >= 11 is -0.840. The average Bonchev–Trinajstić information content (AvgIpc) is 1.69. The van der Waals surface area contributed by atoms with Gasteiger partial charge in [-0.05, 0) is 0 Å². The van der Waals surface area contributed by atoms with Crippen molar-refractivity contribution >= 4 is 8.25 Å². The first-order valence-electron chi connectivity index (χ1n) is 2.55. The Bertz CT molecular complexity index is 30.9. The first kappa shape index (κ1) is 8.19. The van der Waals surface area contributed by atoms with Crippen LogP contribution >= 0.6 is 8.25 Å². The second kappa shape index (κ2) is 7.19. The molecule has 0 spiro atoms. The predicted molar refractivity (Wildman–Crippen MR) is 27.2 cm³/mol. The fraction of sp³-hybridized carbons (Fsp3) is 1.00. The molecule has 0 aromatic heterocycles. The average molecular weight is 309 g/mol. The van der Waals surface area contributed by atoms with Crippen molar-refractivity contribution in [1.82, 2.24) is 0 Å². The summed E-state index contributed by atoms with van der Waals surface area (Å²) in [7, 11) is 5.58. The van der Waals surface area contributed by atoms with Crippen molar-refractivity contribution in [3.8, 4) is 0 Å². The van der Waals surface area contributed by atoms with Crippen molar-refractivity contribution in [2.45, 2.75) is 10.9 Å². The number of halogens is 1. The summed E-state index contributed by atoms with van der Waals surface area (Å²) in [4.78, 5) is 0. The van der Waals surface area contributed by atoms with Crippen LogP contribution in [0.2, 0.25) is 3.93 Å². The van der Waals surface area contributed by atoms with E-state index in [2.05, 4.69) is 0 Å². The molecule has 0 aromatic carbocycles. The molecule has 0 saturated heterocycles. The molecule has 0 aliphatic carbocycles. The van der Waals surface area contributed by atoms with Crippen molar-refractivity contribution in [2.75, 3.05) is 13.2 Å². The Morgan fingerprint density at radius 2 is 2.43 bits per heavy atom. The maximum atomic E-state index is 5.58. The second-order valence-corrected chi connectivity index (χ2v) is 8.77. The quantitative estimate of drug-likeness (QED) is 0.567. The summed E-state index contributed by atoms with van der Waals surface area (Å²) in [6.45, 7) is 3.75. The fourth-order valence-corrected chi connectivity index (χ4v) is 2.48. The van der Waals surface area contributed by atoms with E-state index in [1.807, 2.05) is 6.92 Å². The zero-order valence-electron chi connectivity index (χ0n) is 4.61. The van der Waals surface area contributed by atoms with Gasteiger partial charge in [-0.3, -0.25) is 0 Å². The van der Waals surface area contributed by atoms with E-state index in [0.717, 1.165) is 13.2 Å². The van der Waals surface area contributed by atoms with E-state index in [1.54, 1.807) is 0 Å². The van der Waals surface area contributed by atoms with Crippen LogP contribution in [0.5, 0.6) is 0 Å². The summed E-state index contributed by atoms with van der Waals surface area (Å²) in [5.74, 6) is 0. The number of ether oxygens (including phenoxy) is 1. The van der Waals surface area contributed by atoms with Crippen molar-refractivity contribution in [3.05, 3.63) is 0 Å². The van der Waals surface area contributed by atoms with Gasteiger partial charge in [0.25, 0.3) is 0 Å². The van der Waals surface area contributed by atoms with Crippen LogP contribution in [0.4, 0.5) is 0 Å². The van der Waals surface area contributed by atoms with E-state index in [0.29, 0.717) is 0 Å². The third kappa shape index (κ3) is 7.19. The Balaban J connectivity index is 2.45. The molecule has 0 aliphatic rings. The van der Waals surface area contributed by atoms with Gasteiger partial charge in [0.1, 0.15) is 0 Å². The van der Waals surface area contributed by atoms with E-state index in [-0.39, 0.29) is 0 Å². The van der Waals surface area contributed by atoms with Gasteiger partial charge in [0, 0.05) is 0 Å².